The van der Waals surface area contributed by atoms with Crippen molar-refractivity contribution in [3.8, 4) is 11.8 Å². The lowest BCUT2D eigenvalue weighted by Gasteiger charge is -2.10. The van der Waals surface area contributed by atoms with E-state index in [1.54, 1.807) is 0 Å². The van der Waals surface area contributed by atoms with Crippen LogP contribution in [0.25, 0.3) is 0 Å². The van der Waals surface area contributed by atoms with E-state index in [-0.39, 0.29) is 23.1 Å². The van der Waals surface area contributed by atoms with Crippen molar-refractivity contribution in [1.29, 1.82) is 0 Å². The number of aromatic nitrogens is 3. The molecule has 0 spiro atoms. The first-order chi connectivity index (χ1) is 10.9. The van der Waals surface area contributed by atoms with Crippen LogP contribution in [0.4, 0.5) is 18.9 Å². The Morgan fingerprint density at radius 2 is 2.09 bits per heavy atom. The van der Waals surface area contributed by atoms with Gasteiger partial charge in [-0.25, -0.2) is 9.97 Å². The first-order valence-corrected chi connectivity index (χ1v) is 6.20. The van der Waals surface area contributed by atoms with Crippen LogP contribution in [0.2, 0.25) is 0 Å². The van der Waals surface area contributed by atoms with Gasteiger partial charge >= 0.3 is 6.18 Å². The predicted molar refractivity (Wildman–Crippen MR) is 72.3 cm³/mol. The summed E-state index contributed by atoms with van der Waals surface area (Å²) in [5.41, 5.74) is 0.186. The van der Waals surface area contributed by atoms with Crippen LogP contribution in [0.15, 0.2) is 30.7 Å². The summed E-state index contributed by atoms with van der Waals surface area (Å²) in [4.78, 5) is 23.3. The van der Waals surface area contributed by atoms with Crippen LogP contribution in [0.1, 0.15) is 10.5 Å². The number of rotatable bonds is 5. The van der Waals surface area contributed by atoms with Gasteiger partial charge in [-0.2, -0.15) is 13.2 Å². The molecule has 0 aliphatic rings. The number of amides is 1. The highest BCUT2D eigenvalue weighted by molar-refractivity contribution is 6.02. The third-order valence-corrected chi connectivity index (χ3v) is 2.43. The van der Waals surface area contributed by atoms with Gasteiger partial charge < -0.3 is 14.8 Å². The summed E-state index contributed by atoms with van der Waals surface area (Å²) in [5, 5.41) is 2.45. The maximum atomic E-state index is 12.1. The van der Waals surface area contributed by atoms with Crippen molar-refractivity contribution in [2.75, 3.05) is 19.0 Å². The van der Waals surface area contributed by atoms with E-state index < -0.39 is 18.7 Å². The third-order valence-electron chi connectivity index (χ3n) is 2.43. The van der Waals surface area contributed by atoms with E-state index in [9.17, 15) is 18.0 Å². The van der Waals surface area contributed by atoms with Gasteiger partial charge in [-0.3, -0.25) is 9.78 Å². The summed E-state index contributed by atoms with van der Waals surface area (Å²) in [5.74, 6) is -0.720. The molecule has 2 aromatic rings. The lowest BCUT2D eigenvalue weighted by molar-refractivity contribution is -0.154. The fourth-order valence-corrected chi connectivity index (χ4v) is 1.47. The minimum atomic E-state index is -4.48. The van der Waals surface area contributed by atoms with Gasteiger partial charge in [0, 0.05) is 18.0 Å². The van der Waals surface area contributed by atoms with Crippen LogP contribution in [-0.2, 0) is 0 Å². The molecule has 2 heterocycles. The summed E-state index contributed by atoms with van der Waals surface area (Å²) in [6.07, 6.45) is -0.720. The van der Waals surface area contributed by atoms with Gasteiger partial charge in [-0.1, -0.05) is 0 Å². The second-order valence-corrected chi connectivity index (χ2v) is 4.19. The monoisotopic (exact) mass is 328 g/mol. The van der Waals surface area contributed by atoms with E-state index in [0.29, 0.717) is 0 Å². The second kappa shape index (κ2) is 6.90. The largest absolute Gasteiger partial charge is 0.480 e. The maximum Gasteiger partial charge on any atom is 0.422 e. The Hall–Kier alpha value is -2.91. The Morgan fingerprint density at radius 3 is 2.78 bits per heavy atom. The van der Waals surface area contributed by atoms with E-state index >= 15 is 0 Å². The summed E-state index contributed by atoms with van der Waals surface area (Å²) < 4.78 is 45.6. The highest BCUT2D eigenvalue weighted by Crippen LogP contribution is 2.19. The average molecular weight is 328 g/mol. The van der Waals surface area contributed by atoms with Crippen LogP contribution in [0.3, 0.4) is 0 Å². The third kappa shape index (κ3) is 5.09. The van der Waals surface area contributed by atoms with E-state index in [1.165, 1.54) is 31.8 Å². The Balaban J connectivity index is 2.06. The van der Waals surface area contributed by atoms with Gasteiger partial charge in [0.15, 0.2) is 12.3 Å². The number of halogens is 3. The number of carbonyl (C=O) groups excluding carboxylic acids is 1. The van der Waals surface area contributed by atoms with Gasteiger partial charge in [0.05, 0.1) is 19.5 Å². The molecule has 122 valence electrons. The van der Waals surface area contributed by atoms with E-state index in [2.05, 4.69) is 25.0 Å². The summed E-state index contributed by atoms with van der Waals surface area (Å²) >= 11 is 0. The standard InChI is InChI=1S/C13H11F3N4O3/c1-22-11-6-17-5-9(20-11)12(21)19-8-2-3-18-10(4-8)23-7-13(14,15)16/h2-6H,7H2,1H3,(H,18,19,21). The molecule has 0 bridgehead atoms. The van der Waals surface area contributed by atoms with Crippen molar-refractivity contribution < 1.29 is 27.4 Å². The summed E-state index contributed by atoms with van der Waals surface area (Å²) in [6, 6.07) is 2.56. The highest BCUT2D eigenvalue weighted by atomic mass is 19.4. The SMILES string of the molecule is COc1cncc(C(=O)Nc2ccnc(OCC(F)(F)F)c2)n1. The number of nitrogens with zero attached hydrogens (tertiary/aromatic N) is 3. The summed E-state index contributed by atoms with van der Waals surface area (Å²) in [6.45, 7) is -1.47. The van der Waals surface area contributed by atoms with Crippen molar-refractivity contribution >= 4 is 11.6 Å². The minimum absolute atomic E-state index is 0.0149. The molecule has 0 fully saturated rings. The molecule has 0 saturated carbocycles. The molecule has 2 rings (SSSR count). The molecular formula is C13H11F3N4O3. The molecule has 0 radical (unpaired) electrons. The van der Waals surface area contributed by atoms with Gasteiger partial charge in [0.2, 0.25) is 11.8 Å². The number of hydrogen-bond acceptors (Lipinski definition) is 6. The van der Waals surface area contributed by atoms with Crippen LogP contribution >= 0.6 is 0 Å². The van der Waals surface area contributed by atoms with Crippen molar-refractivity contribution in [2.24, 2.45) is 0 Å². The fourth-order valence-electron chi connectivity index (χ4n) is 1.47. The molecule has 7 nitrogen and oxygen atoms in total. The fraction of sp³-hybridized carbons (Fsp3) is 0.231. The number of alkyl halides is 3. The Bertz CT molecular complexity index is 694. The predicted octanol–water partition coefficient (Wildman–Crippen LogP) is 2.07. The lowest BCUT2D eigenvalue weighted by Crippen LogP contribution is -2.20. The number of ether oxygens (including phenoxy) is 2. The van der Waals surface area contributed by atoms with Crippen molar-refractivity contribution in [3.63, 3.8) is 0 Å². The van der Waals surface area contributed by atoms with Gasteiger partial charge in [0.1, 0.15) is 0 Å². The maximum absolute atomic E-state index is 12.1. The van der Waals surface area contributed by atoms with E-state index in [4.69, 9.17) is 4.74 Å². The number of methoxy groups -OCH3 is 1. The minimum Gasteiger partial charge on any atom is -0.480 e. The number of nitrogens with one attached hydrogen (secondary N) is 1. The number of hydrogen-bond donors (Lipinski definition) is 1. The van der Waals surface area contributed by atoms with Crippen molar-refractivity contribution in [2.45, 2.75) is 6.18 Å². The quantitative estimate of drug-likeness (QED) is 0.904. The Kier molecular flexibility index (Phi) is 4.94. The molecule has 10 heteroatoms. The van der Waals surface area contributed by atoms with Gasteiger partial charge in [-0.05, 0) is 6.07 Å². The molecule has 2 aromatic heterocycles. The van der Waals surface area contributed by atoms with Crippen LogP contribution < -0.4 is 14.8 Å². The van der Waals surface area contributed by atoms with E-state index in [0.717, 1.165) is 6.07 Å². The molecule has 0 aliphatic heterocycles. The van der Waals surface area contributed by atoms with Crippen molar-refractivity contribution in [3.05, 3.63) is 36.4 Å². The number of anilines is 1. The molecule has 0 saturated heterocycles. The topological polar surface area (TPSA) is 86.2 Å². The zero-order chi connectivity index (χ0) is 16.9. The molecule has 1 N–H and O–H groups in total. The average Bonchev–Trinajstić information content (AvgIpc) is 2.53. The lowest BCUT2D eigenvalue weighted by atomic mass is 10.3. The second-order valence-electron chi connectivity index (χ2n) is 4.19. The molecule has 23 heavy (non-hydrogen) atoms. The molecule has 0 aliphatic carbocycles. The highest BCUT2D eigenvalue weighted by Gasteiger charge is 2.28. The van der Waals surface area contributed by atoms with Crippen LogP contribution in [-0.4, -0.2) is 40.8 Å². The first kappa shape index (κ1) is 16.5. The molecule has 1 amide bonds. The number of pyridine rings is 1. The molecule has 0 unspecified atom stereocenters. The van der Waals surface area contributed by atoms with Gasteiger partial charge in [-0.15, -0.1) is 0 Å². The zero-order valence-electron chi connectivity index (χ0n) is 11.8. The Morgan fingerprint density at radius 1 is 1.30 bits per heavy atom. The smallest absolute Gasteiger partial charge is 0.422 e. The molecule has 0 atom stereocenters. The summed E-state index contributed by atoms with van der Waals surface area (Å²) in [7, 11) is 1.37. The van der Waals surface area contributed by atoms with E-state index in [1.807, 2.05) is 0 Å². The van der Waals surface area contributed by atoms with Crippen molar-refractivity contribution in [1.82, 2.24) is 15.0 Å². The van der Waals surface area contributed by atoms with Crippen LogP contribution in [0.5, 0.6) is 11.8 Å². The number of carbonyl (C=O) groups is 1. The molecule has 0 aromatic carbocycles. The zero-order valence-corrected chi connectivity index (χ0v) is 11.8. The van der Waals surface area contributed by atoms with Gasteiger partial charge in [0.25, 0.3) is 5.91 Å². The van der Waals surface area contributed by atoms with Crippen LogP contribution in [0, 0.1) is 0 Å². The first-order valence-electron chi connectivity index (χ1n) is 6.20. The normalized spacial score (nSPS) is 11.0. The molecular weight excluding hydrogens is 317 g/mol. The Labute approximate surface area is 128 Å².